The Morgan fingerprint density at radius 2 is 2.31 bits per heavy atom. The minimum atomic E-state index is -0.345. The maximum Gasteiger partial charge on any atom is 0.246 e. The van der Waals surface area contributed by atoms with Crippen molar-refractivity contribution in [3.05, 3.63) is 35.5 Å². The Morgan fingerprint density at radius 3 is 3.12 bits per heavy atom. The number of carbonyl (C=O) groups excluding carboxylic acids is 1. The molecule has 2 heterocycles. The number of benzene rings is 1. The van der Waals surface area contributed by atoms with E-state index >= 15 is 0 Å². The molecule has 2 aliphatic heterocycles. The average Bonchev–Trinajstić information content (AvgIpc) is 2.29. The van der Waals surface area contributed by atoms with Crippen LogP contribution in [0.5, 0.6) is 5.75 Å². The number of nitrogens with two attached hydrogens (primary N) is 1. The molecule has 0 aliphatic carbocycles. The fraction of sp³-hybridized carbons (Fsp3) is 0.250. The summed E-state index contributed by atoms with van der Waals surface area (Å²) in [6.45, 7) is 1.40. The van der Waals surface area contributed by atoms with Crippen molar-refractivity contribution >= 4 is 11.6 Å². The second-order valence-corrected chi connectivity index (χ2v) is 4.00. The van der Waals surface area contributed by atoms with E-state index in [1.165, 1.54) is 0 Å². The van der Waals surface area contributed by atoms with E-state index in [4.69, 9.17) is 10.5 Å². The van der Waals surface area contributed by atoms with Crippen LogP contribution in [0.25, 0.3) is 0 Å². The molecule has 0 aromatic heterocycles. The fourth-order valence-corrected chi connectivity index (χ4v) is 2.24. The van der Waals surface area contributed by atoms with Crippen molar-refractivity contribution in [2.45, 2.75) is 6.42 Å². The third-order valence-electron chi connectivity index (χ3n) is 2.97. The van der Waals surface area contributed by atoms with Crippen LogP contribution in [0.1, 0.15) is 5.56 Å². The SMILES string of the molecule is NC(=O)C1=CN2CCOc3cccc(c32)C1. The van der Waals surface area contributed by atoms with Crippen molar-refractivity contribution in [3.8, 4) is 5.75 Å². The normalized spacial score (nSPS) is 17.2. The summed E-state index contributed by atoms with van der Waals surface area (Å²) in [6, 6.07) is 5.91. The molecule has 4 nitrogen and oxygen atoms in total. The first-order chi connectivity index (χ1) is 7.75. The Balaban J connectivity index is 2.13. The largest absolute Gasteiger partial charge is 0.490 e. The van der Waals surface area contributed by atoms with Gasteiger partial charge in [-0.05, 0) is 11.6 Å². The molecule has 2 N–H and O–H groups in total. The van der Waals surface area contributed by atoms with Crippen LogP contribution in [0, 0.1) is 0 Å². The molecular formula is C12H12N2O2. The summed E-state index contributed by atoms with van der Waals surface area (Å²) >= 11 is 0. The van der Waals surface area contributed by atoms with E-state index in [1.807, 2.05) is 24.4 Å². The smallest absolute Gasteiger partial charge is 0.246 e. The van der Waals surface area contributed by atoms with Crippen LogP contribution < -0.4 is 15.4 Å². The van der Waals surface area contributed by atoms with Crippen LogP contribution in [-0.4, -0.2) is 19.1 Å². The lowest BCUT2D eigenvalue weighted by molar-refractivity contribution is -0.114. The number of hydrogen-bond acceptors (Lipinski definition) is 3. The molecule has 2 aliphatic rings. The molecular weight excluding hydrogens is 204 g/mol. The molecule has 1 amide bonds. The van der Waals surface area contributed by atoms with Gasteiger partial charge in [0.1, 0.15) is 12.4 Å². The van der Waals surface area contributed by atoms with Gasteiger partial charge in [-0.15, -0.1) is 0 Å². The standard InChI is InChI=1S/C12H12N2O2/c13-12(15)9-6-8-2-1-3-10-11(8)14(7-9)4-5-16-10/h1-3,7H,4-6H2,(H2,13,15). The van der Waals surface area contributed by atoms with Crippen LogP contribution in [0.2, 0.25) is 0 Å². The number of nitrogens with zero attached hydrogens (tertiary/aromatic N) is 1. The Morgan fingerprint density at radius 1 is 1.44 bits per heavy atom. The quantitative estimate of drug-likeness (QED) is 0.755. The maximum atomic E-state index is 11.2. The number of rotatable bonds is 1. The first-order valence-corrected chi connectivity index (χ1v) is 5.27. The van der Waals surface area contributed by atoms with Gasteiger partial charge in [0.05, 0.1) is 12.2 Å². The van der Waals surface area contributed by atoms with Crippen molar-refractivity contribution in [1.82, 2.24) is 0 Å². The zero-order valence-corrected chi connectivity index (χ0v) is 8.77. The highest BCUT2D eigenvalue weighted by atomic mass is 16.5. The van der Waals surface area contributed by atoms with Crippen LogP contribution >= 0.6 is 0 Å². The number of ether oxygens (including phenoxy) is 1. The minimum Gasteiger partial charge on any atom is -0.490 e. The second-order valence-electron chi connectivity index (χ2n) is 4.00. The van der Waals surface area contributed by atoms with Gasteiger partial charge >= 0.3 is 0 Å². The maximum absolute atomic E-state index is 11.2. The van der Waals surface area contributed by atoms with E-state index in [0.717, 1.165) is 23.5 Å². The Labute approximate surface area is 93.3 Å². The van der Waals surface area contributed by atoms with E-state index in [1.54, 1.807) is 0 Å². The molecule has 0 radical (unpaired) electrons. The molecule has 16 heavy (non-hydrogen) atoms. The molecule has 0 saturated heterocycles. The predicted octanol–water partition coefficient (Wildman–Crippen LogP) is 0.811. The third kappa shape index (κ3) is 1.26. The zero-order valence-electron chi connectivity index (χ0n) is 8.77. The molecule has 0 fully saturated rings. The lowest BCUT2D eigenvalue weighted by Gasteiger charge is -2.33. The van der Waals surface area contributed by atoms with Gasteiger partial charge in [0.2, 0.25) is 5.91 Å². The number of amides is 1. The Bertz CT molecular complexity index is 494. The number of para-hydroxylation sites is 1. The lowest BCUT2D eigenvalue weighted by Crippen LogP contribution is -2.33. The highest BCUT2D eigenvalue weighted by Gasteiger charge is 2.25. The van der Waals surface area contributed by atoms with Gasteiger partial charge in [-0.1, -0.05) is 12.1 Å². The van der Waals surface area contributed by atoms with Crippen molar-refractivity contribution in [2.75, 3.05) is 18.1 Å². The monoisotopic (exact) mass is 216 g/mol. The van der Waals surface area contributed by atoms with Crippen molar-refractivity contribution in [2.24, 2.45) is 5.73 Å². The van der Waals surface area contributed by atoms with Crippen LogP contribution in [0.4, 0.5) is 5.69 Å². The molecule has 1 aromatic carbocycles. The van der Waals surface area contributed by atoms with Crippen LogP contribution in [0.15, 0.2) is 30.0 Å². The summed E-state index contributed by atoms with van der Waals surface area (Å²) < 4.78 is 5.58. The number of hydrogen-bond donors (Lipinski definition) is 1. The Hall–Kier alpha value is -1.97. The second kappa shape index (κ2) is 3.27. The van der Waals surface area contributed by atoms with E-state index in [2.05, 4.69) is 4.90 Å². The van der Waals surface area contributed by atoms with Gasteiger partial charge in [0.15, 0.2) is 0 Å². The van der Waals surface area contributed by atoms with Crippen molar-refractivity contribution < 1.29 is 9.53 Å². The molecule has 4 heteroatoms. The van der Waals surface area contributed by atoms with Crippen LogP contribution in [0.3, 0.4) is 0 Å². The molecule has 0 spiro atoms. The highest BCUT2D eigenvalue weighted by Crippen LogP contribution is 2.39. The highest BCUT2D eigenvalue weighted by molar-refractivity contribution is 5.94. The van der Waals surface area contributed by atoms with Gasteiger partial charge in [0.25, 0.3) is 0 Å². The molecule has 0 atom stereocenters. The number of primary amides is 1. The first kappa shape index (κ1) is 9.27. The molecule has 3 rings (SSSR count). The lowest BCUT2D eigenvalue weighted by atomic mass is 9.98. The van der Waals surface area contributed by atoms with Gasteiger partial charge in [-0.25, -0.2) is 0 Å². The zero-order chi connectivity index (χ0) is 11.1. The molecule has 0 unspecified atom stereocenters. The van der Waals surface area contributed by atoms with E-state index in [0.29, 0.717) is 18.6 Å². The number of carbonyl (C=O) groups is 1. The topological polar surface area (TPSA) is 55.6 Å². The summed E-state index contributed by atoms with van der Waals surface area (Å²) in [5.74, 6) is 0.547. The predicted molar refractivity (Wildman–Crippen MR) is 60.3 cm³/mol. The van der Waals surface area contributed by atoms with E-state index < -0.39 is 0 Å². The summed E-state index contributed by atoms with van der Waals surface area (Å²) in [4.78, 5) is 13.3. The summed E-state index contributed by atoms with van der Waals surface area (Å²) in [5, 5.41) is 0. The van der Waals surface area contributed by atoms with E-state index in [-0.39, 0.29) is 5.91 Å². The van der Waals surface area contributed by atoms with Gasteiger partial charge in [-0.3, -0.25) is 4.79 Å². The third-order valence-corrected chi connectivity index (χ3v) is 2.97. The molecule has 0 bridgehead atoms. The van der Waals surface area contributed by atoms with Gasteiger partial charge in [0, 0.05) is 18.2 Å². The summed E-state index contributed by atoms with van der Waals surface area (Å²) in [7, 11) is 0. The summed E-state index contributed by atoms with van der Waals surface area (Å²) in [6.07, 6.45) is 2.44. The first-order valence-electron chi connectivity index (χ1n) is 5.27. The van der Waals surface area contributed by atoms with Gasteiger partial charge < -0.3 is 15.4 Å². The van der Waals surface area contributed by atoms with Crippen molar-refractivity contribution in [3.63, 3.8) is 0 Å². The Kier molecular flexibility index (Phi) is 1.89. The molecule has 82 valence electrons. The molecule has 1 aromatic rings. The number of anilines is 1. The van der Waals surface area contributed by atoms with E-state index in [9.17, 15) is 4.79 Å². The van der Waals surface area contributed by atoms with Crippen molar-refractivity contribution in [1.29, 1.82) is 0 Å². The van der Waals surface area contributed by atoms with Gasteiger partial charge in [-0.2, -0.15) is 0 Å². The minimum absolute atomic E-state index is 0.345. The fourth-order valence-electron chi connectivity index (χ4n) is 2.24. The summed E-state index contributed by atoms with van der Waals surface area (Å²) in [5.41, 5.74) is 8.18. The molecule has 0 saturated carbocycles. The average molecular weight is 216 g/mol. The van der Waals surface area contributed by atoms with Crippen LogP contribution in [-0.2, 0) is 11.2 Å².